The van der Waals surface area contributed by atoms with Gasteiger partial charge < -0.3 is 10.8 Å². The van der Waals surface area contributed by atoms with Crippen molar-refractivity contribution in [3.8, 4) is 6.07 Å². The minimum atomic E-state index is -1.19. The van der Waals surface area contributed by atoms with Gasteiger partial charge in [0.2, 0.25) is 0 Å². The first-order chi connectivity index (χ1) is 6.60. The summed E-state index contributed by atoms with van der Waals surface area (Å²) < 4.78 is 1.28. The molecule has 0 fully saturated rings. The normalized spacial score (nSPS) is 12.0. The van der Waals surface area contributed by atoms with Gasteiger partial charge in [-0.2, -0.15) is 10.4 Å². The van der Waals surface area contributed by atoms with Crippen LogP contribution >= 0.6 is 0 Å². The number of aromatic nitrogens is 2. The zero-order valence-electron chi connectivity index (χ0n) is 7.64. The number of nitrogens with zero attached hydrogens (tertiary/aromatic N) is 3. The molecule has 3 N–H and O–H groups in total. The molecule has 0 bridgehead atoms. The van der Waals surface area contributed by atoms with Crippen LogP contribution in [0.1, 0.15) is 29.9 Å². The molecule has 0 aliphatic carbocycles. The SMILES string of the molecule is CCC(C#N)n1cc(N)c(C(=O)O)n1. The highest BCUT2D eigenvalue weighted by molar-refractivity contribution is 5.91. The first-order valence-corrected chi connectivity index (χ1v) is 4.07. The largest absolute Gasteiger partial charge is 0.476 e. The van der Waals surface area contributed by atoms with Crippen LogP contribution in [0.15, 0.2) is 6.20 Å². The van der Waals surface area contributed by atoms with Crippen molar-refractivity contribution in [2.75, 3.05) is 5.73 Å². The summed E-state index contributed by atoms with van der Waals surface area (Å²) in [5.74, 6) is -1.19. The van der Waals surface area contributed by atoms with Crippen molar-refractivity contribution >= 4 is 11.7 Å². The van der Waals surface area contributed by atoms with Gasteiger partial charge in [0.1, 0.15) is 6.04 Å². The van der Waals surface area contributed by atoms with E-state index in [1.54, 1.807) is 0 Å². The highest BCUT2D eigenvalue weighted by atomic mass is 16.4. The maximum Gasteiger partial charge on any atom is 0.358 e. The topological polar surface area (TPSA) is 105 Å². The molecule has 1 rings (SSSR count). The molecule has 0 aliphatic heterocycles. The molecule has 1 aromatic heterocycles. The van der Waals surface area contributed by atoms with E-state index in [9.17, 15) is 4.79 Å². The Balaban J connectivity index is 3.08. The van der Waals surface area contributed by atoms with Gasteiger partial charge in [0.15, 0.2) is 5.69 Å². The Labute approximate surface area is 80.6 Å². The number of anilines is 1. The predicted molar refractivity (Wildman–Crippen MR) is 48.5 cm³/mol. The van der Waals surface area contributed by atoms with Gasteiger partial charge in [0.05, 0.1) is 18.0 Å². The van der Waals surface area contributed by atoms with Crippen molar-refractivity contribution in [2.45, 2.75) is 19.4 Å². The molecule has 14 heavy (non-hydrogen) atoms. The van der Waals surface area contributed by atoms with Gasteiger partial charge in [-0.3, -0.25) is 4.68 Å². The number of aromatic carboxylic acids is 1. The first kappa shape index (κ1) is 10.1. The monoisotopic (exact) mass is 194 g/mol. The number of nitrogen functional groups attached to an aromatic ring is 1. The second-order valence-corrected chi connectivity index (χ2v) is 2.77. The molecule has 1 unspecified atom stereocenters. The number of carboxylic acids is 1. The fraction of sp³-hybridized carbons (Fsp3) is 0.375. The van der Waals surface area contributed by atoms with E-state index in [1.165, 1.54) is 10.9 Å². The van der Waals surface area contributed by atoms with E-state index < -0.39 is 12.0 Å². The lowest BCUT2D eigenvalue weighted by Crippen LogP contribution is -2.08. The van der Waals surface area contributed by atoms with Crippen LogP contribution in [0, 0.1) is 11.3 Å². The van der Waals surface area contributed by atoms with Crippen LogP contribution in [0.5, 0.6) is 0 Å². The van der Waals surface area contributed by atoms with Crippen molar-refractivity contribution < 1.29 is 9.90 Å². The second-order valence-electron chi connectivity index (χ2n) is 2.77. The summed E-state index contributed by atoms with van der Waals surface area (Å²) in [5, 5.41) is 21.1. The molecule has 0 aliphatic rings. The molecule has 1 atom stereocenters. The molecule has 1 heterocycles. The van der Waals surface area contributed by atoms with Crippen LogP contribution in [0.3, 0.4) is 0 Å². The maximum absolute atomic E-state index is 10.6. The maximum atomic E-state index is 10.6. The summed E-state index contributed by atoms with van der Waals surface area (Å²) in [5.41, 5.74) is 5.28. The number of carbonyl (C=O) groups is 1. The number of nitriles is 1. The Bertz CT molecular complexity index is 391. The molecule has 6 heteroatoms. The lowest BCUT2D eigenvalue weighted by molar-refractivity contribution is 0.0690. The van der Waals surface area contributed by atoms with E-state index in [0.29, 0.717) is 6.42 Å². The molecular weight excluding hydrogens is 184 g/mol. The second kappa shape index (κ2) is 3.79. The van der Waals surface area contributed by atoms with Crippen molar-refractivity contribution in [2.24, 2.45) is 0 Å². The van der Waals surface area contributed by atoms with Crippen molar-refractivity contribution in [1.82, 2.24) is 9.78 Å². The summed E-state index contributed by atoms with van der Waals surface area (Å²) in [7, 11) is 0. The fourth-order valence-corrected chi connectivity index (χ4v) is 1.07. The number of nitrogens with two attached hydrogens (primary N) is 1. The lowest BCUT2D eigenvalue weighted by Gasteiger charge is -2.04. The van der Waals surface area contributed by atoms with Gasteiger partial charge in [-0.25, -0.2) is 4.79 Å². The number of hydrogen-bond donors (Lipinski definition) is 2. The smallest absolute Gasteiger partial charge is 0.358 e. The van der Waals surface area contributed by atoms with Crippen molar-refractivity contribution in [3.63, 3.8) is 0 Å². The van der Waals surface area contributed by atoms with Crippen LogP contribution in [0.25, 0.3) is 0 Å². The molecular formula is C8H10N4O2. The van der Waals surface area contributed by atoms with Gasteiger partial charge in [0.25, 0.3) is 0 Å². The van der Waals surface area contributed by atoms with Crippen LogP contribution < -0.4 is 5.73 Å². The van der Waals surface area contributed by atoms with Crippen LogP contribution in [0.4, 0.5) is 5.69 Å². The zero-order chi connectivity index (χ0) is 10.7. The average Bonchev–Trinajstić information content (AvgIpc) is 2.50. The lowest BCUT2D eigenvalue weighted by atomic mass is 10.2. The number of rotatable bonds is 3. The molecule has 6 nitrogen and oxygen atoms in total. The molecule has 0 saturated heterocycles. The Morgan fingerprint density at radius 3 is 2.93 bits per heavy atom. The predicted octanol–water partition coefficient (Wildman–Crippen LogP) is 0.638. The molecule has 0 radical (unpaired) electrons. The standard InChI is InChI=1S/C8H10N4O2/c1-2-5(3-9)12-4-6(10)7(11-12)8(13)14/h4-5H,2,10H2,1H3,(H,13,14). The Kier molecular flexibility index (Phi) is 2.72. The first-order valence-electron chi connectivity index (χ1n) is 4.07. The Morgan fingerprint density at radius 2 is 2.57 bits per heavy atom. The van der Waals surface area contributed by atoms with E-state index in [1.807, 2.05) is 13.0 Å². The third-order valence-electron chi connectivity index (χ3n) is 1.82. The van der Waals surface area contributed by atoms with Gasteiger partial charge >= 0.3 is 5.97 Å². The summed E-state index contributed by atoms with van der Waals surface area (Å²) in [6, 6.07) is 1.53. The molecule has 1 aromatic rings. The van der Waals surface area contributed by atoms with Gasteiger partial charge in [-0.15, -0.1) is 0 Å². The van der Waals surface area contributed by atoms with Gasteiger partial charge in [0, 0.05) is 0 Å². The summed E-state index contributed by atoms with van der Waals surface area (Å²) in [4.78, 5) is 10.6. The molecule has 0 aromatic carbocycles. The molecule has 74 valence electrons. The zero-order valence-corrected chi connectivity index (χ0v) is 7.64. The Hall–Kier alpha value is -2.03. The fourth-order valence-electron chi connectivity index (χ4n) is 1.07. The van der Waals surface area contributed by atoms with Gasteiger partial charge in [-0.1, -0.05) is 6.92 Å². The van der Waals surface area contributed by atoms with Crippen LogP contribution in [-0.2, 0) is 0 Å². The minimum Gasteiger partial charge on any atom is -0.476 e. The van der Waals surface area contributed by atoms with Gasteiger partial charge in [-0.05, 0) is 6.42 Å². The number of hydrogen-bond acceptors (Lipinski definition) is 4. The van der Waals surface area contributed by atoms with E-state index in [2.05, 4.69) is 5.10 Å². The quantitative estimate of drug-likeness (QED) is 0.734. The van der Waals surface area contributed by atoms with E-state index in [-0.39, 0.29) is 11.4 Å². The summed E-state index contributed by atoms with van der Waals surface area (Å²) in [6.07, 6.45) is 1.91. The highest BCUT2D eigenvalue weighted by Gasteiger charge is 2.16. The molecule has 0 amide bonds. The molecule has 0 saturated carbocycles. The van der Waals surface area contributed by atoms with Crippen LogP contribution in [-0.4, -0.2) is 20.9 Å². The van der Waals surface area contributed by atoms with E-state index in [4.69, 9.17) is 16.1 Å². The third-order valence-corrected chi connectivity index (χ3v) is 1.82. The summed E-state index contributed by atoms with van der Waals surface area (Å²) in [6.45, 7) is 1.81. The van der Waals surface area contributed by atoms with E-state index in [0.717, 1.165) is 0 Å². The van der Waals surface area contributed by atoms with Crippen LogP contribution in [0.2, 0.25) is 0 Å². The van der Waals surface area contributed by atoms with Crippen molar-refractivity contribution in [3.05, 3.63) is 11.9 Å². The Morgan fingerprint density at radius 1 is 1.93 bits per heavy atom. The third kappa shape index (κ3) is 1.66. The van der Waals surface area contributed by atoms with E-state index >= 15 is 0 Å². The summed E-state index contributed by atoms with van der Waals surface area (Å²) >= 11 is 0. The average molecular weight is 194 g/mol. The number of carboxylic acid groups (broad SMARTS) is 1. The minimum absolute atomic E-state index is 0.0752. The van der Waals surface area contributed by atoms with Crippen molar-refractivity contribution in [1.29, 1.82) is 5.26 Å². The highest BCUT2D eigenvalue weighted by Crippen LogP contribution is 2.15. The molecule has 0 spiro atoms.